The van der Waals surface area contributed by atoms with Crippen LogP contribution in [0.3, 0.4) is 0 Å². The molecule has 0 aliphatic heterocycles. The number of hydrogen-bond acceptors (Lipinski definition) is 3. The van der Waals surface area contributed by atoms with Crippen LogP contribution in [0.5, 0.6) is 0 Å². The Morgan fingerprint density at radius 1 is 1.33 bits per heavy atom. The topological polar surface area (TPSA) is 63.2 Å². The lowest BCUT2D eigenvalue weighted by Gasteiger charge is -2.12. The summed E-state index contributed by atoms with van der Waals surface area (Å²) in [5.74, 6) is -0.642. The zero-order chi connectivity index (χ0) is 15.6. The van der Waals surface area contributed by atoms with E-state index in [4.69, 9.17) is 0 Å². The highest BCUT2D eigenvalue weighted by molar-refractivity contribution is 7.91. The van der Waals surface area contributed by atoms with Crippen molar-refractivity contribution in [2.45, 2.75) is 31.2 Å². The smallest absolute Gasteiger partial charge is 0.243 e. The number of aromatic nitrogens is 2. The molecule has 0 radical (unpaired) electrons. The van der Waals surface area contributed by atoms with Crippen LogP contribution in [0.4, 0.5) is 0 Å². The van der Waals surface area contributed by atoms with Gasteiger partial charge >= 0.3 is 0 Å². The summed E-state index contributed by atoms with van der Waals surface area (Å²) in [5, 5.41) is 9.17. The standard InChI is InChI=1S/C15H21N2O3S/c1-12(2)13-4-5-14(9-17-7-6-16(3)10-17)15(8-13)21(19,20)11-18/h4-8,10,12,18H,9,11H2,1-3H3/q+1. The molecule has 0 amide bonds. The van der Waals surface area contributed by atoms with Crippen LogP contribution in [0.2, 0.25) is 0 Å². The Bertz CT molecular complexity index is 733. The van der Waals surface area contributed by atoms with Crippen LogP contribution in [0, 0.1) is 0 Å². The molecule has 0 saturated heterocycles. The molecule has 1 aromatic carbocycles. The Kier molecular flexibility index (Phi) is 4.49. The van der Waals surface area contributed by atoms with Gasteiger partial charge in [-0.2, -0.15) is 0 Å². The molecular formula is C15H21N2O3S+. The first-order valence-corrected chi connectivity index (χ1v) is 8.46. The van der Waals surface area contributed by atoms with Gasteiger partial charge in [0.15, 0.2) is 0 Å². The minimum atomic E-state index is -3.66. The van der Waals surface area contributed by atoms with Crippen LogP contribution in [0.1, 0.15) is 30.9 Å². The van der Waals surface area contributed by atoms with Crippen molar-refractivity contribution in [3.63, 3.8) is 0 Å². The molecule has 2 rings (SSSR count). The molecule has 0 aliphatic rings. The number of nitrogens with zero attached hydrogens (tertiary/aromatic N) is 2. The Morgan fingerprint density at radius 3 is 2.57 bits per heavy atom. The van der Waals surface area contributed by atoms with Crippen molar-refractivity contribution >= 4 is 9.84 Å². The fraction of sp³-hybridized carbons (Fsp3) is 0.400. The molecule has 0 aliphatic carbocycles. The summed E-state index contributed by atoms with van der Waals surface area (Å²) in [4.78, 5) is 0.215. The molecule has 114 valence electrons. The molecule has 5 nitrogen and oxygen atoms in total. The maximum atomic E-state index is 12.1. The predicted molar refractivity (Wildman–Crippen MR) is 79.5 cm³/mol. The van der Waals surface area contributed by atoms with Gasteiger partial charge in [-0.3, -0.25) is 0 Å². The first kappa shape index (κ1) is 15.7. The summed E-state index contributed by atoms with van der Waals surface area (Å²) in [7, 11) is -1.76. The zero-order valence-corrected chi connectivity index (χ0v) is 13.3. The average Bonchev–Trinajstić information content (AvgIpc) is 2.84. The lowest BCUT2D eigenvalue weighted by Crippen LogP contribution is -2.24. The van der Waals surface area contributed by atoms with E-state index in [-0.39, 0.29) is 10.8 Å². The molecule has 0 atom stereocenters. The maximum Gasteiger partial charge on any atom is 0.243 e. The van der Waals surface area contributed by atoms with Gasteiger partial charge < -0.3 is 5.11 Å². The third kappa shape index (κ3) is 3.51. The highest BCUT2D eigenvalue weighted by atomic mass is 32.2. The highest BCUT2D eigenvalue weighted by Crippen LogP contribution is 2.24. The molecule has 2 aromatic rings. The molecular weight excluding hydrogens is 288 g/mol. The number of rotatable bonds is 5. The largest absolute Gasteiger partial charge is 0.380 e. The molecule has 0 saturated carbocycles. The normalized spacial score (nSPS) is 12.0. The van der Waals surface area contributed by atoms with Crippen LogP contribution in [0.15, 0.2) is 41.8 Å². The monoisotopic (exact) mass is 309 g/mol. The van der Waals surface area contributed by atoms with Crippen molar-refractivity contribution in [2.24, 2.45) is 7.05 Å². The fourth-order valence-electron chi connectivity index (χ4n) is 2.21. The molecule has 21 heavy (non-hydrogen) atoms. The molecule has 0 unspecified atom stereocenters. The minimum Gasteiger partial charge on any atom is -0.380 e. The van der Waals surface area contributed by atoms with Gasteiger partial charge in [-0.05, 0) is 17.5 Å². The SMILES string of the molecule is CC(C)c1ccc(Cn2cc[n+](C)c2)c(S(=O)(=O)CO)c1. The first-order chi connectivity index (χ1) is 9.83. The van der Waals surface area contributed by atoms with E-state index >= 15 is 0 Å². The number of hydrogen-bond donors (Lipinski definition) is 1. The summed E-state index contributed by atoms with van der Waals surface area (Å²) in [6, 6.07) is 5.45. The van der Waals surface area contributed by atoms with E-state index in [1.165, 1.54) is 0 Å². The predicted octanol–water partition coefficient (Wildman–Crippen LogP) is 1.21. The van der Waals surface area contributed by atoms with Gasteiger partial charge in [-0.25, -0.2) is 17.6 Å². The Labute approximate surface area is 125 Å². The van der Waals surface area contributed by atoms with Crippen LogP contribution in [-0.4, -0.2) is 24.0 Å². The second-order valence-electron chi connectivity index (χ2n) is 5.52. The van der Waals surface area contributed by atoms with E-state index in [1.54, 1.807) is 6.07 Å². The van der Waals surface area contributed by atoms with Crippen LogP contribution in [0.25, 0.3) is 0 Å². The summed E-state index contributed by atoms with van der Waals surface area (Å²) in [5.41, 5.74) is 1.63. The second-order valence-corrected chi connectivity index (χ2v) is 7.44. The Balaban J connectivity index is 2.49. The van der Waals surface area contributed by atoms with Crippen molar-refractivity contribution in [1.82, 2.24) is 4.57 Å². The van der Waals surface area contributed by atoms with E-state index in [1.807, 2.05) is 60.9 Å². The van der Waals surface area contributed by atoms with Crippen molar-refractivity contribution < 1.29 is 18.1 Å². The van der Waals surface area contributed by atoms with E-state index < -0.39 is 15.8 Å². The number of imidazole rings is 1. The van der Waals surface area contributed by atoms with Crippen molar-refractivity contribution in [3.05, 3.63) is 48.0 Å². The summed E-state index contributed by atoms with van der Waals surface area (Å²) in [6.07, 6.45) is 5.65. The highest BCUT2D eigenvalue weighted by Gasteiger charge is 2.20. The number of sulfone groups is 1. The Hall–Kier alpha value is -1.66. The molecule has 0 spiro atoms. The summed E-state index contributed by atoms with van der Waals surface area (Å²) < 4.78 is 28.1. The van der Waals surface area contributed by atoms with E-state index in [2.05, 4.69) is 0 Å². The maximum absolute atomic E-state index is 12.1. The van der Waals surface area contributed by atoms with E-state index in [0.29, 0.717) is 12.1 Å². The second kappa shape index (κ2) is 5.99. The lowest BCUT2D eigenvalue weighted by molar-refractivity contribution is -0.671. The fourth-order valence-corrected chi connectivity index (χ4v) is 3.20. The van der Waals surface area contributed by atoms with Gasteiger partial charge in [-0.1, -0.05) is 26.0 Å². The van der Waals surface area contributed by atoms with Gasteiger partial charge in [-0.15, -0.1) is 0 Å². The molecule has 6 heteroatoms. The lowest BCUT2D eigenvalue weighted by atomic mass is 10.0. The molecule has 0 fully saturated rings. The van der Waals surface area contributed by atoms with Crippen LogP contribution >= 0.6 is 0 Å². The Morgan fingerprint density at radius 2 is 2.05 bits per heavy atom. The van der Waals surface area contributed by atoms with Crippen molar-refractivity contribution in [1.29, 1.82) is 0 Å². The van der Waals surface area contributed by atoms with E-state index in [0.717, 1.165) is 5.56 Å². The van der Waals surface area contributed by atoms with Gasteiger partial charge in [0.05, 0.1) is 11.9 Å². The summed E-state index contributed by atoms with van der Waals surface area (Å²) >= 11 is 0. The first-order valence-electron chi connectivity index (χ1n) is 6.81. The number of benzene rings is 1. The number of aliphatic hydroxyl groups is 1. The molecule has 0 bridgehead atoms. The van der Waals surface area contributed by atoms with Crippen LogP contribution in [-0.2, 0) is 23.4 Å². The quantitative estimate of drug-likeness (QED) is 0.844. The molecule has 1 N–H and O–H groups in total. The van der Waals surface area contributed by atoms with Crippen LogP contribution < -0.4 is 4.57 Å². The van der Waals surface area contributed by atoms with Gasteiger partial charge in [0.2, 0.25) is 16.2 Å². The molecule has 1 aromatic heterocycles. The third-order valence-electron chi connectivity index (χ3n) is 3.44. The molecule has 1 heterocycles. The minimum absolute atomic E-state index is 0.215. The number of aliphatic hydroxyl groups excluding tert-OH is 1. The third-order valence-corrected chi connectivity index (χ3v) is 4.83. The van der Waals surface area contributed by atoms with Gasteiger partial charge in [0.25, 0.3) is 0 Å². The number of aryl methyl sites for hydroxylation is 1. The van der Waals surface area contributed by atoms with Crippen molar-refractivity contribution in [3.8, 4) is 0 Å². The van der Waals surface area contributed by atoms with Crippen molar-refractivity contribution in [2.75, 3.05) is 5.94 Å². The van der Waals surface area contributed by atoms with Gasteiger partial charge in [0.1, 0.15) is 24.9 Å². The zero-order valence-electron chi connectivity index (χ0n) is 12.5. The average molecular weight is 309 g/mol. The van der Waals surface area contributed by atoms with E-state index in [9.17, 15) is 13.5 Å². The van der Waals surface area contributed by atoms with Gasteiger partial charge in [0, 0.05) is 5.56 Å². The summed E-state index contributed by atoms with van der Waals surface area (Å²) in [6.45, 7) is 4.47.